The maximum Gasteiger partial charge on any atom is 0.500 e. The van der Waals surface area contributed by atoms with E-state index < -0.39 is 8.80 Å². The van der Waals surface area contributed by atoms with Crippen molar-refractivity contribution in [1.29, 1.82) is 0 Å². The molecule has 0 bridgehead atoms. The highest BCUT2D eigenvalue weighted by atomic mass is 28.4. The lowest BCUT2D eigenvalue weighted by Gasteiger charge is -2.29. The molecule has 2 rings (SSSR count). The Hall–Kier alpha value is 0.0569. The first-order chi connectivity index (χ1) is 8.64. The third kappa shape index (κ3) is 3.14. The van der Waals surface area contributed by atoms with E-state index in [0.29, 0.717) is 18.1 Å². The molecular weight excluding hydrogens is 248 g/mol. The van der Waals surface area contributed by atoms with Gasteiger partial charge in [0.2, 0.25) is 0 Å². The second kappa shape index (κ2) is 6.01. The van der Waals surface area contributed by atoms with Crippen molar-refractivity contribution in [3.05, 3.63) is 0 Å². The van der Waals surface area contributed by atoms with Gasteiger partial charge in [0.05, 0.1) is 12.2 Å². The molecule has 2 fully saturated rings. The van der Waals surface area contributed by atoms with E-state index in [2.05, 4.69) is 6.92 Å². The van der Waals surface area contributed by atoms with Crippen LogP contribution in [0.25, 0.3) is 0 Å². The quantitative estimate of drug-likeness (QED) is 0.528. The summed E-state index contributed by atoms with van der Waals surface area (Å²) in [4.78, 5) is 0. The van der Waals surface area contributed by atoms with Crippen LogP contribution in [-0.2, 0) is 18.0 Å². The molecule has 106 valence electrons. The van der Waals surface area contributed by atoms with Crippen molar-refractivity contribution in [2.24, 2.45) is 11.8 Å². The molecular formula is C13H26O4Si. The summed E-state index contributed by atoms with van der Waals surface area (Å²) in [5.74, 6) is 1.49. The van der Waals surface area contributed by atoms with Crippen LogP contribution in [-0.4, -0.2) is 42.3 Å². The van der Waals surface area contributed by atoms with Gasteiger partial charge in [0, 0.05) is 27.4 Å². The number of hydrogen-bond donors (Lipinski definition) is 0. The molecule has 1 aliphatic heterocycles. The topological polar surface area (TPSA) is 40.2 Å². The summed E-state index contributed by atoms with van der Waals surface area (Å²) < 4.78 is 22.0. The van der Waals surface area contributed by atoms with Crippen LogP contribution in [0.4, 0.5) is 0 Å². The third-order valence-corrected chi connectivity index (χ3v) is 7.46. The van der Waals surface area contributed by atoms with Crippen LogP contribution in [0.3, 0.4) is 0 Å². The van der Waals surface area contributed by atoms with Crippen LogP contribution in [0.5, 0.6) is 0 Å². The highest BCUT2D eigenvalue weighted by molar-refractivity contribution is 6.60. The first kappa shape index (κ1) is 14.5. The molecule has 18 heavy (non-hydrogen) atoms. The Labute approximate surface area is 111 Å². The second-order valence-corrected chi connectivity index (χ2v) is 8.69. The maximum absolute atomic E-state index is 5.60. The van der Waals surface area contributed by atoms with Crippen LogP contribution >= 0.6 is 0 Å². The van der Waals surface area contributed by atoms with E-state index >= 15 is 0 Å². The minimum Gasteiger partial charge on any atom is -0.377 e. The molecule has 4 unspecified atom stereocenters. The Bertz CT molecular complexity index is 261. The van der Waals surface area contributed by atoms with Crippen LogP contribution in [0.2, 0.25) is 6.04 Å². The summed E-state index contributed by atoms with van der Waals surface area (Å²) in [6, 6.07) is 0.906. The second-order valence-electron chi connectivity index (χ2n) is 5.60. The largest absolute Gasteiger partial charge is 0.500 e. The first-order valence-electron chi connectivity index (χ1n) is 6.95. The monoisotopic (exact) mass is 274 g/mol. The molecule has 0 N–H and O–H groups in total. The SMILES string of the molecule is CO[Si](CCC(C)C1CCC2OC2C1)(OC)OC. The molecule has 0 amide bonds. The molecule has 5 heteroatoms. The van der Waals surface area contributed by atoms with Gasteiger partial charge in [0.25, 0.3) is 0 Å². The normalized spacial score (nSPS) is 33.0. The summed E-state index contributed by atoms with van der Waals surface area (Å²) >= 11 is 0. The van der Waals surface area contributed by atoms with Gasteiger partial charge >= 0.3 is 8.80 Å². The van der Waals surface area contributed by atoms with E-state index in [9.17, 15) is 0 Å². The number of epoxide rings is 1. The lowest BCUT2D eigenvalue weighted by molar-refractivity contribution is 0.119. The average molecular weight is 274 g/mol. The summed E-state index contributed by atoms with van der Waals surface area (Å²) in [7, 11) is 2.68. The van der Waals surface area contributed by atoms with E-state index in [1.807, 2.05) is 0 Å². The molecule has 0 radical (unpaired) electrons. The van der Waals surface area contributed by atoms with E-state index in [-0.39, 0.29) is 0 Å². The summed E-state index contributed by atoms with van der Waals surface area (Å²) in [6.07, 6.45) is 6.08. The van der Waals surface area contributed by atoms with Gasteiger partial charge in [-0.15, -0.1) is 0 Å². The molecule has 0 aromatic heterocycles. The lowest BCUT2D eigenvalue weighted by Crippen LogP contribution is -2.43. The number of hydrogen-bond acceptors (Lipinski definition) is 4. The Kier molecular flexibility index (Phi) is 4.83. The molecule has 2 aliphatic rings. The molecule has 0 aromatic carbocycles. The molecule has 1 saturated heterocycles. The Morgan fingerprint density at radius 2 is 1.78 bits per heavy atom. The zero-order valence-corrected chi connectivity index (χ0v) is 13.0. The van der Waals surface area contributed by atoms with E-state index in [1.165, 1.54) is 19.3 Å². The molecule has 1 saturated carbocycles. The van der Waals surface area contributed by atoms with Crippen molar-refractivity contribution >= 4 is 8.80 Å². The van der Waals surface area contributed by atoms with Crippen molar-refractivity contribution in [2.45, 2.75) is 50.9 Å². The highest BCUT2D eigenvalue weighted by Gasteiger charge is 2.45. The lowest BCUT2D eigenvalue weighted by atomic mass is 9.80. The number of rotatable bonds is 7. The van der Waals surface area contributed by atoms with Crippen LogP contribution in [0.1, 0.15) is 32.6 Å². The van der Waals surface area contributed by atoms with Gasteiger partial charge in [-0.1, -0.05) is 6.92 Å². The van der Waals surface area contributed by atoms with Gasteiger partial charge in [0.15, 0.2) is 0 Å². The molecule has 1 aliphatic carbocycles. The number of fused-ring (bicyclic) bond motifs is 1. The summed E-state index contributed by atoms with van der Waals surface area (Å²) in [5.41, 5.74) is 0. The minimum absolute atomic E-state index is 0.570. The zero-order chi connectivity index (χ0) is 13.2. The number of ether oxygens (including phenoxy) is 1. The van der Waals surface area contributed by atoms with Gasteiger partial charge in [-0.2, -0.15) is 0 Å². The highest BCUT2D eigenvalue weighted by Crippen LogP contribution is 2.43. The van der Waals surface area contributed by atoms with Crippen molar-refractivity contribution in [3.63, 3.8) is 0 Å². The van der Waals surface area contributed by atoms with Gasteiger partial charge in [-0.05, 0) is 37.5 Å². The van der Waals surface area contributed by atoms with Crippen LogP contribution in [0.15, 0.2) is 0 Å². The average Bonchev–Trinajstić information content (AvgIpc) is 3.19. The van der Waals surface area contributed by atoms with Crippen molar-refractivity contribution in [3.8, 4) is 0 Å². The zero-order valence-electron chi connectivity index (χ0n) is 12.0. The third-order valence-electron chi connectivity index (χ3n) is 4.69. The minimum atomic E-state index is -2.38. The van der Waals surface area contributed by atoms with E-state index in [4.69, 9.17) is 18.0 Å². The van der Waals surface area contributed by atoms with Crippen LogP contribution in [0, 0.1) is 11.8 Å². The fourth-order valence-corrected chi connectivity index (χ4v) is 5.07. The molecule has 4 nitrogen and oxygen atoms in total. The van der Waals surface area contributed by atoms with Crippen LogP contribution < -0.4 is 0 Å². The van der Waals surface area contributed by atoms with Gasteiger partial charge in [-0.3, -0.25) is 0 Å². The molecule has 4 atom stereocenters. The standard InChI is InChI=1S/C13H26O4Si/c1-10(7-8-18(14-2,15-3)16-4)11-5-6-12-13(9-11)17-12/h10-13H,5-9H2,1-4H3. The molecule has 1 heterocycles. The van der Waals surface area contributed by atoms with E-state index in [0.717, 1.165) is 18.4 Å². The fourth-order valence-electron chi connectivity index (χ4n) is 3.15. The maximum atomic E-state index is 5.60. The van der Waals surface area contributed by atoms with Crippen molar-refractivity contribution < 1.29 is 18.0 Å². The Balaban J connectivity index is 1.77. The molecule has 0 aromatic rings. The van der Waals surface area contributed by atoms with Crippen molar-refractivity contribution in [1.82, 2.24) is 0 Å². The first-order valence-corrected chi connectivity index (χ1v) is 8.88. The van der Waals surface area contributed by atoms with E-state index in [1.54, 1.807) is 21.3 Å². The predicted octanol–water partition coefficient (Wildman–Crippen LogP) is 2.46. The Morgan fingerprint density at radius 3 is 2.33 bits per heavy atom. The smallest absolute Gasteiger partial charge is 0.377 e. The van der Waals surface area contributed by atoms with Gasteiger partial charge in [0.1, 0.15) is 0 Å². The fraction of sp³-hybridized carbons (Fsp3) is 1.00. The molecule has 0 spiro atoms. The van der Waals surface area contributed by atoms with Gasteiger partial charge in [-0.25, -0.2) is 0 Å². The van der Waals surface area contributed by atoms with Gasteiger partial charge < -0.3 is 18.0 Å². The summed E-state index contributed by atoms with van der Waals surface area (Å²) in [6.45, 7) is 2.34. The van der Waals surface area contributed by atoms with Crippen molar-refractivity contribution in [2.75, 3.05) is 21.3 Å². The summed E-state index contributed by atoms with van der Waals surface area (Å²) in [5, 5.41) is 0. The predicted molar refractivity (Wildman–Crippen MR) is 71.4 cm³/mol. The Morgan fingerprint density at radius 1 is 1.11 bits per heavy atom.